The summed E-state index contributed by atoms with van der Waals surface area (Å²) in [6.45, 7) is 2.19. The lowest BCUT2D eigenvalue weighted by atomic mass is 10.1. The number of benzene rings is 1. The van der Waals surface area contributed by atoms with Gasteiger partial charge < -0.3 is 15.2 Å². The molecule has 5 nitrogen and oxygen atoms in total. The van der Waals surface area contributed by atoms with E-state index < -0.39 is 0 Å². The molecule has 0 fully saturated rings. The van der Waals surface area contributed by atoms with Gasteiger partial charge in [0, 0.05) is 12.1 Å². The van der Waals surface area contributed by atoms with Gasteiger partial charge in [0.1, 0.15) is 0 Å². The van der Waals surface area contributed by atoms with Crippen LogP contribution >= 0.6 is 11.6 Å². The minimum Gasteiger partial charge on any atom is -0.477 e. The van der Waals surface area contributed by atoms with Crippen LogP contribution in [0.2, 0.25) is 5.02 Å². The Labute approximate surface area is 110 Å². The summed E-state index contributed by atoms with van der Waals surface area (Å²) in [7, 11) is 3.03. The molecule has 2 aromatic rings. The lowest BCUT2D eigenvalue weighted by molar-refractivity contribution is 0.334. The minimum atomic E-state index is 0.293. The van der Waals surface area contributed by atoms with E-state index in [-0.39, 0.29) is 0 Å². The minimum absolute atomic E-state index is 0.293. The van der Waals surface area contributed by atoms with E-state index in [2.05, 4.69) is 9.97 Å². The molecule has 1 aromatic heterocycles. The fourth-order valence-electron chi connectivity index (χ4n) is 1.80. The van der Waals surface area contributed by atoms with Crippen LogP contribution < -0.4 is 15.2 Å². The van der Waals surface area contributed by atoms with E-state index in [1.54, 1.807) is 0 Å². The van der Waals surface area contributed by atoms with Crippen molar-refractivity contribution < 1.29 is 9.47 Å². The number of hydrogen-bond acceptors (Lipinski definition) is 5. The summed E-state index contributed by atoms with van der Waals surface area (Å²) in [5.74, 6) is 0.661. The average molecular weight is 268 g/mol. The van der Waals surface area contributed by atoms with E-state index >= 15 is 0 Å². The Balaban J connectivity index is 2.84. The van der Waals surface area contributed by atoms with Crippen molar-refractivity contribution in [1.29, 1.82) is 0 Å². The quantitative estimate of drug-likeness (QED) is 0.922. The molecule has 96 valence electrons. The fourth-order valence-corrected chi connectivity index (χ4v) is 2.02. The standard InChI is InChI=1S/C12H14ClN3O2/c1-6-4-8-10(7(5-14)9(6)13)16-12(18-3)11(15-8)17-2/h4H,5,14H2,1-3H3. The molecular weight excluding hydrogens is 254 g/mol. The Morgan fingerprint density at radius 1 is 1.22 bits per heavy atom. The number of fused-ring (bicyclic) bond motifs is 1. The van der Waals surface area contributed by atoms with Crippen LogP contribution in [0.25, 0.3) is 11.0 Å². The van der Waals surface area contributed by atoms with Gasteiger partial charge in [0.25, 0.3) is 11.8 Å². The molecule has 0 bridgehead atoms. The smallest absolute Gasteiger partial charge is 0.278 e. The Morgan fingerprint density at radius 3 is 2.39 bits per heavy atom. The van der Waals surface area contributed by atoms with Crippen LogP contribution in [0, 0.1) is 6.92 Å². The Morgan fingerprint density at radius 2 is 1.83 bits per heavy atom. The van der Waals surface area contributed by atoms with Crippen LogP contribution in [0.1, 0.15) is 11.1 Å². The molecule has 0 unspecified atom stereocenters. The van der Waals surface area contributed by atoms with Crippen molar-refractivity contribution in [2.45, 2.75) is 13.5 Å². The third kappa shape index (κ3) is 1.95. The largest absolute Gasteiger partial charge is 0.477 e. The topological polar surface area (TPSA) is 70.3 Å². The predicted molar refractivity (Wildman–Crippen MR) is 70.3 cm³/mol. The summed E-state index contributed by atoms with van der Waals surface area (Å²) in [4.78, 5) is 8.71. The molecule has 0 aliphatic rings. The van der Waals surface area contributed by atoms with Crippen molar-refractivity contribution in [2.24, 2.45) is 5.73 Å². The maximum atomic E-state index is 6.22. The molecule has 6 heteroatoms. The lowest BCUT2D eigenvalue weighted by Crippen LogP contribution is -2.04. The van der Waals surface area contributed by atoms with Crippen LogP contribution in [0.4, 0.5) is 0 Å². The van der Waals surface area contributed by atoms with Gasteiger partial charge in [-0.1, -0.05) is 11.6 Å². The van der Waals surface area contributed by atoms with Gasteiger partial charge in [0.15, 0.2) is 0 Å². The van der Waals surface area contributed by atoms with Gasteiger partial charge in [-0.3, -0.25) is 0 Å². The number of nitrogens with zero attached hydrogens (tertiary/aromatic N) is 2. The van der Waals surface area contributed by atoms with Gasteiger partial charge >= 0.3 is 0 Å². The number of rotatable bonds is 3. The maximum Gasteiger partial charge on any atom is 0.278 e. The molecule has 2 N–H and O–H groups in total. The highest BCUT2D eigenvalue weighted by molar-refractivity contribution is 6.33. The number of aromatic nitrogens is 2. The van der Waals surface area contributed by atoms with Gasteiger partial charge in [-0.2, -0.15) is 0 Å². The second kappa shape index (κ2) is 4.96. The number of ether oxygens (including phenoxy) is 2. The number of halogens is 1. The summed E-state index contributed by atoms with van der Waals surface area (Å²) >= 11 is 6.22. The molecule has 0 atom stereocenters. The molecule has 1 aromatic carbocycles. The molecule has 0 amide bonds. The van der Waals surface area contributed by atoms with E-state index in [0.29, 0.717) is 34.4 Å². The van der Waals surface area contributed by atoms with Crippen LogP contribution in [-0.2, 0) is 6.54 Å². The molecule has 0 aliphatic carbocycles. The number of methoxy groups -OCH3 is 2. The van der Waals surface area contributed by atoms with Crippen molar-refractivity contribution in [3.05, 3.63) is 22.2 Å². The SMILES string of the molecule is COc1nc2cc(C)c(Cl)c(CN)c2nc1OC. The van der Waals surface area contributed by atoms with E-state index in [1.165, 1.54) is 14.2 Å². The van der Waals surface area contributed by atoms with Crippen molar-refractivity contribution in [2.75, 3.05) is 14.2 Å². The highest BCUT2D eigenvalue weighted by atomic mass is 35.5. The van der Waals surface area contributed by atoms with Crippen molar-refractivity contribution in [3.63, 3.8) is 0 Å². The average Bonchev–Trinajstić information content (AvgIpc) is 2.39. The Kier molecular flexibility index (Phi) is 3.54. The molecule has 0 aliphatic heterocycles. The zero-order valence-electron chi connectivity index (χ0n) is 10.5. The molecule has 0 radical (unpaired) electrons. The van der Waals surface area contributed by atoms with E-state index in [4.69, 9.17) is 26.8 Å². The highest BCUT2D eigenvalue weighted by Gasteiger charge is 2.15. The maximum absolute atomic E-state index is 6.22. The zero-order valence-corrected chi connectivity index (χ0v) is 11.2. The van der Waals surface area contributed by atoms with Gasteiger partial charge in [-0.05, 0) is 18.6 Å². The highest BCUT2D eigenvalue weighted by Crippen LogP contribution is 2.31. The van der Waals surface area contributed by atoms with Crippen LogP contribution in [0.5, 0.6) is 11.8 Å². The van der Waals surface area contributed by atoms with Gasteiger partial charge in [0.2, 0.25) is 0 Å². The summed E-state index contributed by atoms with van der Waals surface area (Å²) in [6, 6.07) is 1.85. The van der Waals surface area contributed by atoms with Crippen molar-refractivity contribution in [1.82, 2.24) is 9.97 Å². The fraction of sp³-hybridized carbons (Fsp3) is 0.333. The Bertz CT molecular complexity index is 602. The summed E-state index contributed by atoms with van der Waals surface area (Å²) < 4.78 is 10.3. The zero-order chi connectivity index (χ0) is 13.3. The van der Waals surface area contributed by atoms with Crippen LogP contribution in [0.3, 0.4) is 0 Å². The van der Waals surface area contributed by atoms with Gasteiger partial charge in [0.05, 0.1) is 30.3 Å². The van der Waals surface area contributed by atoms with Gasteiger partial charge in [-0.25, -0.2) is 9.97 Å². The van der Waals surface area contributed by atoms with E-state index in [0.717, 1.165) is 11.1 Å². The van der Waals surface area contributed by atoms with E-state index in [9.17, 15) is 0 Å². The van der Waals surface area contributed by atoms with Gasteiger partial charge in [-0.15, -0.1) is 0 Å². The first-order valence-corrected chi connectivity index (χ1v) is 5.78. The Hall–Kier alpha value is -1.59. The summed E-state index contributed by atoms with van der Waals surface area (Å²) in [5, 5.41) is 0.617. The predicted octanol–water partition coefficient (Wildman–Crippen LogP) is 2.07. The first kappa shape index (κ1) is 12.9. The number of nitrogens with two attached hydrogens (primary N) is 1. The molecule has 18 heavy (non-hydrogen) atoms. The first-order chi connectivity index (χ1) is 8.62. The monoisotopic (exact) mass is 267 g/mol. The normalized spacial score (nSPS) is 10.7. The molecule has 0 spiro atoms. The second-order valence-electron chi connectivity index (χ2n) is 3.80. The third-order valence-corrected chi connectivity index (χ3v) is 3.23. The first-order valence-electron chi connectivity index (χ1n) is 5.40. The van der Waals surface area contributed by atoms with Crippen molar-refractivity contribution in [3.8, 4) is 11.8 Å². The van der Waals surface area contributed by atoms with E-state index in [1.807, 2.05) is 13.0 Å². The van der Waals surface area contributed by atoms with Crippen molar-refractivity contribution >= 4 is 22.6 Å². The third-order valence-electron chi connectivity index (χ3n) is 2.70. The molecular formula is C12H14ClN3O2. The molecule has 0 saturated heterocycles. The number of aryl methyl sites for hydroxylation is 1. The number of hydrogen-bond donors (Lipinski definition) is 1. The second-order valence-corrected chi connectivity index (χ2v) is 4.18. The van der Waals surface area contributed by atoms with Crippen LogP contribution in [-0.4, -0.2) is 24.2 Å². The summed E-state index contributed by atoms with van der Waals surface area (Å²) in [5.41, 5.74) is 8.73. The molecule has 2 rings (SSSR count). The summed E-state index contributed by atoms with van der Waals surface area (Å²) in [6.07, 6.45) is 0. The lowest BCUT2D eigenvalue weighted by Gasteiger charge is -2.11. The van der Waals surface area contributed by atoms with Crippen LogP contribution in [0.15, 0.2) is 6.07 Å². The molecule has 1 heterocycles. The molecule has 0 saturated carbocycles.